The minimum absolute atomic E-state index is 0.186. The molecule has 0 saturated heterocycles. The van der Waals surface area contributed by atoms with Crippen LogP contribution in [0.25, 0.3) is 5.70 Å². The Hall–Kier alpha value is -3.68. The van der Waals surface area contributed by atoms with Crippen LogP contribution in [0.4, 0.5) is 11.9 Å². The van der Waals surface area contributed by atoms with Crippen molar-refractivity contribution >= 4 is 46.7 Å². The van der Waals surface area contributed by atoms with Gasteiger partial charge in [-0.25, -0.2) is 4.68 Å². The minimum atomic E-state index is -0.338. The van der Waals surface area contributed by atoms with E-state index in [4.69, 9.17) is 23.2 Å². The first-order chi connectivity index (χ1) is 15.6. The normalized spacial score (nSPS) is 14.8. The Kier molecular flexibility index (Phi) is 5.34. The zero-order valence-corrected chi connectivity index (χ0v) is 18.0. The van der Waals surface area contributed by atoms with E-state index in [1.54, 1.807) is 23.0 Å². The summed E-state index contributed by atoms with van der Waals surface area (Å²) in [4.78, 5) is 21.0. The number of pyridine rings is 1. The summed E-state index contributed by atoms with van der Waals surface area (Å²) >= 11 is 12.1. The Morgan fingerprint density at radius 2 is 1.72 bits per heavy atom. The van der Waals surface area contributed by atoms with Gasteiger partial charge in [-0.3, -0.25) is 15.1 Å². The van der Waals surface area contributed by atoms with Gasteiger partial charge in [0.2, 0.25) is 5.95 Å². The number of carbonyl (C=O) groups excluding carboxylic acids is 1. The van der Waals surface area contributed by atoms with E-state index in [2.05, 4.69) is 25.7 Å². The van der Waals surface area contributed by atoms with Crippen LogP contribution >= 0.6 is 23.2 Å². The molecule has 1 aliphatic rings. The Morgan fingerprint density at radius 1 is 1.00 bits per heavy atom. The number of nitrogens with one attached hydrogen (secondary N) is 2. The van der Waals surface area contributed by atoms with Gasteiger partial charge < -0.3 is 5.32 Å². The van der Waals surface area contributed by atoms with Crippen molar-refractivity contribution in [2.75, 3.05) is 10.6 Å². The van der Waals surface area contributed by atoms with Gasteiger partial charge in [0.05, 0.1) is 5.56 Å². The van der Waals surface area contributed by atoms with Crippen LogP contribution in [0.1, 0.15) is 27.5 Å². The summed E-state index contributed by atoms with van der Waals surface area (Å²) in [6.45, 7) is 0. The van der Waals surface area contributed by atoms with Gasteiger partial charge in [0, 0.05) is 28.1 Å². The van der Waals surface area contributed by atoms with Crippen molar-refractivity contribution < 1.29 is 4.79 Å². The zero-order chi connectivity index (χ0) is 22.1. The number of allylic oxidation sites excluding steroid dienone is 1. The highest BCUT2D eigenvalue weighted by atomic mass is 35.5. The molecule has 2 aromatic carbocycles. The lowest BCUT2D eigenvalue weighted by Crippen LogP contribution is -2.20. The van der Waals surface area contributed by atoms with Crippen molar-refractivity contribution in [2.24, 2.45) is 0 Å². The molecule has 0 fully saturated rings. The molecule has 4 aromatic rings. The topological polar surface area (TPSA) is 84.7 Å². The molecule has 0 saturated carbocycles. The van der Waals surface area contributed by atoms with Crippen LogP contribution in [0, 0.1) is 0 Å². The summed E-state index contributed by atoms with van der Waals surface area (Å²) in [7, 11) is 0. The van der Waals surface area contributed by atoms with Gasteiger partial charge in [-0.05, 0) is 53.6 Å². The molecule has 1 aliphatic heterocycles. The van der Waals surface area contributed by atoms with E-state index in [9.17, 15) is 4.79 Å². The summed E-state index contributed by atoms with van der Waals surface area (Å²) in [5.74, 6) is 0.347. The fourth-order valence-electron chi connectivity index (χ4n) is 3.41. The third-order valence-corrected chi connectivity index (χ3v) is 5.49. The molecule has 1 amide bonds. The monoisotopic (exact) mass is 462 g/mol. The number of aromatic nitrogens is 4. The molecule has 3 heterocycles. The van der Waals surface area contributed by atoms with E-state index in [0.29, 0.717) is 21.6 Å². The highest BCUT2D eigenvalue weighted by Crippen LogP contribution is 2.34. The maximum atomic E-state index is 12.5. The molecular formula is C23H16Cl2N6O. The van der Waals surface area contributed by atoms with Crippen LogP contribution in [0.15, 0.2) is 79.1 Å². The first-order valence-corrected chi connectivity index (χ1v) is 10.5. The molecular weight excluding hydrogens is 447 g/mol. The van der Waals surface area contributed by atoms with Crippen molar-refractivity contribution in [1.82, 2.24) is 19.7 Å². The van der Waals surface area contributed by atoms with Crippen molar-refractivity contribution in [3.05, 3.63) is 106 Å². The van der Waals surface area contributed by atoms with E-state index in [1.165, 1.54) is 6.20 Å². The quantitative estimate of drug-likeness (QED) is 0.430. The number of benzene rings is 2. The lowest BCUT2D eigenvalue weighted by Gasteiger charge is -2.24. The second-order valence-electron chi connectivity index (χ2n) is 7.11. The summed E-state index contributed by atoms with van der Waals surface area (Å²) in [6.07, 6.45) is 5.14. The van der Waals surface area contributed by atoms with Gasteiger partial charge in [-0.2, -0.15) is 4.98 Å². The highest BCUT2D eigenvalue weighted by molar-refractivity contribution is 6.30. The summed E-state index contributed by atoms with van der Waals surface area (Å²) in [6, 6.07) is 18.2. The van der Waals surface area contributed by atoms with Gasteiger partial charge >= 0.3 is 0 Å². The van der Waals surface area contributed by atoms with E-state index in [-0.39, 0.29) is 17.9 Å². The van der Waals surface area contributed by atoms with Gasteiger partial charge in [-0.15, -0.1) is 5.10 Å². The zero-order valence-electron chi connectivity index (χ0n) is 16.5. The lowest BCUT2D eigenvalue weighted by atomic mass is 10.0. The lowest BCUT2D eigenvalue weighted by molar-refractivity contribution is 0.102. The van der Waals surface area contributed by atoms with Gasteiger partial charge in [0.25, 0.3) is 11.9 Å². The number of amides is 1. The van der Waals surface area contributed by atoms with E-state index < -0.39 is 0 Å². The molecule has 1 atom stereocenters. The first kappa shape index (κ1) is 20.2. The number of anilines is 2. The van der Waals surface area contributed by atoms with E-state index in [1.807, 2.05) is 54.6 Å². The Labute approximate surface area is 193 Å². The Balaban J connectivity index is 1.51. The average Bonchev–Trinajstić information content (AvgIpc) is 3.22. The number of fused-ring (bicyclic) bond motifs is 1. The van der Waals surface area contributed by atoms with Crippen molar-refractivity contribution in [3.63, 3.8) is 0 Å². The molecule has 0 unspecified atom stereocenters. The molecule has 7 nitrogen and oxygen atoms in total. The molecule has 0 radical (unpaired) electrons. The Morgan fingerprint density at radius 3 is 2.41 bits per heavy atom. The first-order valence-electron chi connectivity index (χ1n) is 9.75. The van der Waals surface area contributed by atoms with E-state index >= 15 is 0 Å². The molecule has 9 heteroatoms. The average molecular weight is 463 g/mol. The fraction of sp³-hybridized carbons (Fsp3) is 0.0435. The number of hydrogen-bond acceptors (Lipinski definition) is 5. The third kappa shape index (κ3) is 4.08. The summed E-state index contributed by atoms with van der Waals surface area (Å²) in [5.41, 5.74) is 3.19. The smallest absolute Gasteiger partial charge is 0.259 e. The molecule has 2 N–H and O–H groups in total. The number of rotatable bonds is 4. The van der Waals surface area contributed by atoms with Gasteiger partial charge in [0.15, 0.2) is 0 Å². The minimum Gasteiger partial charge on any atom is -0.324 e. The van der Waals surface area contributed by atoms with Crippen LogP contribution in [0.3, 0.4) is 0 Å². The van der Waals surface area contributed by atoms with Crippen LogP contribution in [0.5, 0.6) is 0 Å². The summed E-state index contributed by atoms with van der Waals surface area (Å²) < 4.78 is 1.72. The number of halogens is 2. The maximum absolute atomic E-state index is 12.5. The van der Waals surface area contributed by atoms with Crippen LogP contribution in [0.2, 0.25) is 10.0 Å². The van der Waals surface area contributed by atoms with Crippen LogP contribution in [-0.2, 0) is 0 Å². The fourth-order valence-corrected chi connectivity index (χ4v) is 3.66. The van der Waals surface area contributed by atoms with Gasteiger partial charge in [0.1, 0.15) is 6.04 Å². The van der Waals surface area contributed by atoms with Crippen LogP contribution < -0.4 is 10.6 Å². The largest absolute Gasteiger partial charge is 0.324 e. The predicted molar refractivity (Wildman–Crippen MR) is 125 cm³/mol. The van der Waals surface area contributed by atoms with E-state index in [0.717, 1.165) is 16.8 Å². The molecule has 2 aromatic heterocycles. The standard InChI is InChI=1S/C23H16Cl2N6O/c24-17-7-3-14(4-8-17)19-12-20(15-5-9-18(25)10-6-15)31-23(27-19)29-22(30-31)28-21(32)16-2-1-11-26-13-16/h1-13,20H,(H2,27,28,29,30,32)/t20-/m1/s1. The number of carbonyl (C=O) groups is 1. The SMILES string of the molecule is O=C(Nc1nc2n(n1)[C@@H](c1ccc(Cl)cc1)C=C(c1ccc(Cl)cc1)N2)c1cccnc1. The highest BCUT2D eigenvalue weighted by Gasteiger charge is 2.26. The molecule has 0 bridgehead atoms. The number of hydrogen-bond donors (Lipinski definition) is 2. The Bertz CT molecular complexity index is 1300. The van der Waals surface area contributed by atoms with Crippen LogP contribution in [-0.4, -0.2) is 25.7 Å². The van der Waals surface area contributed by atoms with Crippen molar-refractivity contribution in [1.29, 1.82) is 0 Å². The molecule has 0 spiro atoms. The molecule has 32 heavy (non-hydrogen) atoms. The second kappa shape index (κ2) is 8.45. The molecule has 5 rings (SSSR count). The predicted octanol–water partition coefficient (Wildman–Crippen LogP) is 5.29. The number of nitrogens with zero attached hydrogens (tertiary/aromatic N) is 4. The van der Waals surface area contributed by atoms with Crippen molar-refractivity contribution in [3.8, 4) is 0 Å². The second-order valence-corrected chi connectivity index (χ2v) is 7.98. The maximum Gasteiger partial charge on any atom is 0.259 e. The summed E-state index contributed by atoms with van der Waals surface area (Å²) in [5, 5.41) is 11.9. The van der Waals surface area contributed by atoms with Gasteiger partial charge in [-0.1, -0.05) is 47.5 Å². The third-order valence-electron chi connectivity index (χ3n) is 4.98. The molecule has 0 aliphatic carbocycles. The van der Waals surface area contributed by atoms with Crippen molar-refractivity contribution in [2.45, 2.75) is 6.04 Å². The molecule has 158 valence electrons.